The highest BCUT2D eigenvalue weighted by atomic mass is 19.1. The molecular formula is C27H42F2O3. The molecule has 2 aromatic carbocycles. The molecule has 5 heteroatoms. The lowest BCUT2D eigenvalue weighted by molar-refractivity contribution is -0.0424. The van der Waals surface area contributed by atoms with E-state index in [0.717, 1.165) is 0 Å². The Hall–Kier alpha value is -2.14. The maximum absolute atomic E-state index is 13.0. The fourth-order valence-corrected chi connectivity index (χ4v) is 2.42. The second kappa shape index (κ2) is 12.8. The van der Waals surface area contributed by atoms with Crippen molar-refractivity contribution in [3.8, 4) is 11.5 Å². The molecule has 32 heavy (non-hydrogen) atoms. The quantitative estimate of drug-likeness (QED) is 0.469. The third-order valence-corrected chi connectivity index (χ3v) is 3.09. The molecule has 0 aromatic heterocycles. The molecular weight excluding hydrogens is 410 g/mol. The molecule has 2 rings (SSSR count). The van der Waals surface area contributed by atoms with Gasteiger partial charge >= 0.3 is 0 Å². The second-order valence-corrected chi connectivity index (χ2v) is 10.6. The van der Waals surface area contributed by atoms with Crippen molar-refractivity contribution in [1.29, 1.82) is 0 Å². The van der Waals surface area contributed by atoms with Crippen LogP contribution in [0.15, 0.2) is 48.5 Å². The second-order valence-electron chi connectivity index (χ2n) is 10.6. The number of hydrogen-bond donors (Lipinski definition) is 0. The lowest BCUT2D eigenvalue weighted by atomic mass is 10.2. The third kappa shape index (κ3) is 16.5. The van der Waals surface area contributed by atoms with E-state index >= 15 is 0 Å². The average Bonchev–Trinajstić information content (AvgIpc) is 2.56. The zero-order chi connectivity index (χ0) is 25.2. The van der Waals surface area contributed by atoms with Crippen LogP contribution in [0.5, 0.6) is 11.5 Å². The predicted octanol–water partition coefficient (Wildman–Crippen LogP) is 8.22. The largest absolute Gasteiger partial charge is 0.485 e. The van der Waals surface area contributed by atoms with E-state index in [1.54, 1.807) is 36.4 Å². The summed E-state index contributed by atoms with van der Waals surface area (Å²) in [6.07, 6.45) is 0.343. The van der Waals surface area contributed by atoms with Crippen LogP contribution in [0.1, 0.15) is 76.2 Å². The molecule has 0 unspecified atom stereocenters. The van der Waals surface area contributed by atoms with Crippen molar-refractivity contribution in [3.05, 3.63) is 60.2 Å². The molecule has 182 valence electrons. The van der Waals surface area contributed by atoms with Crippen molar-refractivity contribution in [3.63, 3.8) is 0 Å². The zero-order valence-electron chi connectivity index (χ0n) is 21.7. The van der Waals surface area contributed by atoms with E-state index in [2.05, 4.69) is 20.8 Å². The highest BCUT2D eigenvalue weighted by Gasteiger charge is 2.14. The molecule has 0 saturated heterocycles. The monoisotopic (exact) mass is 452 g/mol. The third-order valence-electron chi connectivity index (χ3n) is 3.09. The number of ether oxygens (including phenoxy) is 3. The topological polar surface area (TPSA) is 27.7 Å². The van der Waals surface area contributed by atoms with Gasteiger partial charge in [-0.3, -0.25) is 0 Å². The van der Waals surface area contributed by atoms with Crippen molar-refractivity contribution in [2.75, 3.05) is 0 Å². The first-order chi connectivity index (χ1) is 14.4. The summed E-state index contributed by atoms with van der Waals surface area (Å²) in [7, 11) is 0. The van der Waals surface area contributed by atoms with Gasteiger partial charge in [0.25, 0.3) is 0 Å². The predicted molar refractivity (Wildman–Crippen MR) is 130 cm³/mol. The summed E-state index contributed by atoms with van der Waals surface area (Å²) in [5.41, 5.74) is -0.668. The van der Waals surface area contributed by atoms with Crippen molar-refractivity contribution in [2.45, 2.75) is 99.1 Å². The average molecular weight is 453 g/mol. The standard InChI is InChI=1S/2C10H13FO.C7H16O/c2*1-10(2,3)12-9-7-5-4-6-8(9)11;1-6(2)8-7(3,4)5/h2*4-7H,1-3H3;6H,1-5H3. The number of benzene rings is 2. The normalized spacial score (nSPS) is 11.7. The Kier molecular flexibility index (Phi) is 11.9. The van der Waals surface area contributed by atoms with Crippen LogP contribution in [0.3, 0.4) is 0 Å². The van der Waals surface area contributed by atoms with Gasteiger partial charge in [-0.25, -0.2) is 8.78 Å². The minimum absolute atomic E-state index is 0.0220. The van der Waals surface area contributed by atoms with E-state index in [9.17, 15) is 8.78 Å². The van der Waals surface area contributed by atoms with Gasteiger partial charge in [0.15, 0.2) is 23.1 Å². The zero-order valence-corrected chi connectivity index (χ0v) is 21.7. The van der Waals surface area contributed by atoms with E-state index in [4.69, 9.17) is 14.2 Å². The lowest BCUT2D eigenvalue weighted by Gasteiger charge is -2.22. The molecule has 0 N–H and O–H groups in total. The fraction of sp³-hybridized carbons (Fsp3) is 0.556. The van der Waals surface area contributed by atoms with Crippen LogP contribution < -0.4 is 9.47 Å². The summed E-state index contributed by atoms with van der Waals surface area (Å²) >= 11 is 0. The van der Waals surface area contributed by atoms with Crippen molar-refractivity contribution in [1.82, 2.24) is 0 Å². The first-order valence-electron chi connectivity index (χ1n) is 10.9. The van der Waals surface area contributed by atoms with Gasteiger partial charge < -0.3 is 14.2 Å². The molecule has 0 radical (unpaired) electrons. The fourth-order valence-electron chi connectivity index (χ4n) is 2.42. The van der Waals surface area contributed by atoms with E-state index in [1.807, 2.05) is 55.4 Å². The van der Waals surface area contributed by atoms with E-state index in [1.165, 1.54) is 12.1 Å². The summed E-state index contributed by atoms with van der Waals surface area (Å²) < 4.78 is 42.1. The van der Waals surface area contributed by atoms with Crippen LogP contribution >= 0.6 is 0 Å². The van der Waals surface area contributed by atoms with Crippen molar-refractivity contribution < 1.29 is 23.0 Å². The van der Waals surface area contributed by atoms with Crippen LogP contribution in [0.2, 0.25) is 0 Å². The van der Waals surface area contributed by atoms with Crippen LogP contribution in [-0.4, -0.2) is 22.9 Å². The number of rotatable bonds is 3. The Labute approximate surface area is 194 Å². The van der Waals surface area contributed by atoms with E-state index in [-0.39, 0.29) is 28.4 Å². The molecule has 2 aromatic rings. The smallest absolute Gasteiger partial charge is 0.165 e. The molecule has 0 aliphatic heterocycles. The van der Waals surface area contributed by atoms with E-state index < -0.39 is 0 Å². The summed E-state index contributed by atoms with van der Waals surface area (Å²) in [5.74, 6) is -0.00477. The SMILES string of the molecule is CC(C)(C)Oc1ccccc1F.CC(C)(C)Oc1ccccc1F.CC(C)OC(C)(C)C. The number of halogens is 2. The van der Waals surface area contributed by atoms with Gasteiger partial charge in [0, 0.05) is 0 Å². The van der Waals surface area contributed by atoms with E-state index in [0.29, 0.717) is 17.6 Å². The molecule has 0 saturated carbocycles. The van der Waals surface area contributed by atoms with Gasteiger partial charge in [-0.1, -0.05) is 24.3 Å². The Bertz CT molecular complexity index is 725. The van der Waals surface area contributed by atoms with Gasteiger partial charge in [-0.2, -0.15) is 0 Å². The summed E-state index contributed by atoms with van der Waals surface area (Å²) in [6, 6.07) is 12.8. The minimum Gasteiger partial charge on any atom is -0.485 e. The molecule has 0 bridgehead atoms. The number of hydrogen-bond acceptors (Lipinski definition) is 3. The molecule has 0 aliphatic carbocycles. The van der Waals surface area contributed by atoms with Crippen LogP contribution in [0, 0.1) is 11.6 Å². The lowest BCUT2D eigenvalue weighted by Crippen LogP contribution is -2.23. The Morgan fingerprint density at radius 1 is 0.562 bits per heavy atom. The Morgan fingerprint density at radius 3 is 1.06 bits per heavy atom. The highest BCUT2D eigenvalue weighted by Crippen LogP contribution is 2.21. The molecule has 0 amide bonds. The van der Waals surface area contributed by atoms with Crippen LogP contribution in [0.25, 0.3) is 0 Å². The number of para-hydroxylation sites is 2. The maximum Gasteiger partial charge on any atom is 0.165 e. The maximum atomic E-state index is 13.0. The van der Waals surface area contributed by atoms with Crippen LogP contribution in [0.4, 0.5) is 8.78 Å². The molecule has 0 spiro atoms. The van der Waals surface area contributed by atoms with Crippen LogP contribution in [-0.2, 0) is 4.74 Å². The summed E-state index contributed by atoms with van der Waals surface area (Å²) in [4.78, 5) is 0. The molecule has 0 atom stereocenters. The van der Waals surface area contributed by atoms with Gasteiger partial charge in [-0.15, -0.1) is 0 Å². The highest BCUT2D eigenvalue weighted by molar-refractivity contribution is 5.24. The van der Waals surface area contributed by atoms with Crippen molar-refractivity contribution in [2.24, 2.45) is 0 Å². The molecule has 0 heterocycles. The van der Waals surface area contributed by atoms with Gasteiger partial charge in [-0.05, 0) is 100 Å². The van der Waals surface area contributed by atoms with Gasteiger partial charge in [0.2, 0.25) is 0 Å². The molecule has 0 aliphatic rings. The molecule has 3 nitrogen and oxygen atoms in total. The van der Waals surface area contributed by atoms with Gasteiger partial charge in [0.1, 0.15) is 11.2 Å². The van der Waals surface area contributed by atoms with Gasteiger partial charge in [0.05, 0.1) is 11.7 Å². The first kappa shape index (κ1) is 29.9. The Balaban J connectivity index is 0.000000462. The Morgan fingerprint density at radius 2 is 0.875 bits per heavy atom. The first-order valence-corrected chi connectivity index (χ1v) is 10.9. The molecule has 0 fully saturated rings. The minimum atomic E-state index is -0.345. The summed E-state index contributed by atoms with van der Waals surface area (Å²) in [6.45, 7) is 21.6. The summed E-state index contributed by atoms with van der Waals surface area (Å²) in [5, 5.41) is 0. The van der Waals surface area contributed by atoms with Crippen molar-refractivity contribution >= 4 is 0 Å².